The largest absolute Gasteiger partial charge is 0.300 e. The van der Waals surface area contributed by atoms with Crippen LogP contribution in [0.4, 0.5) is 0 Å². The van der Waals surface area contributed by atoms with Crippen LogP contribution in [0.3, 0.4) is 0 Å². The molecule has 1 saturated carbocycles. The zero-order chi connectivity index (χ0) is 10.8. The zero-order valence-corrected chi connectivity index (χ0v) is 9.24. The highest BCUT2D eigenvalue weighted by Gasteiger charge is 2.35. The molecule has 15 heavy (non-hydrogen) atoms. The molecule has 0 aliphatic heterocycles. The van der Waals surface area contributed by atoms with Crippen LogP contribution in [0.15, 0.2) is 12.2 Å². The van der Waals surface area contributed by atoms with Gasteiger partial charge in [-0.3, -0.25) is 4.79 Å². The summed E-state index contributed by atoms with van der Waals surface area (Å²) in [7, 11) is 0. The molecular weight excluding hydrogens is 188 g/mol. The Balaban J connectivity index is 1.91. The van der Waals surface area contributed by atoms with E-state index in [1.807, 2.05) is 0 Å². The molecule has 0 unspecified atom stereocenters. The average molecular weight is 206 g/mol. The average Bonchev–Trinajstić information content (AvgIpc) is 2.27. The molecule has 0 aromatic heterocycles. The Bertz CT molecular complexity index is 304. The third kappa shape index (κ3) is 2.36. The highest BCUT2D eigenvalue weighted by atomic mass is 16.1. The molecule has 3 aliphatic carbocycles. The van der Waals surface area contributed by atoms with E-state index in [-0.39, 0.29) is 11.7 Å². The number of allylic oxidation sites excluding steroid dienone is 2. The second-order valence-electron chi connectivity index (χ2n) is 4.90. The Labute approximate surface area is 90.7 Å². The lowest BCUT2D eigenvalue weighted by atomic mass is 9.67. The molecule has 82 valence electrons. The van der Waals surface area contributed by atoms with Crippen molar-refractivity contribution in [3.63, 3.8) is 0 Å². The highest BCUT2D eigenvalue weighted by Crippen LogP contribution is 2.41. The molecule has 0 aromatic rings. The molecule has 0 amide bonds. The topological polar surface area (TPSA) is 34.1 Å². The number of ketones is 2. The van der Waals surface area contributed by atoms with Gasteiger partial charge in [0, 0.05) is 18.8 Å². The van der Waals surface area contributed by atoms with Gasteiger partial charge in [-0.25, -0.2) is 0 Å². The zero-order valence-electron chi connectivity index (χ0n) is 9.24. The SMILES string of the molecule is CC(=O)CCC(=O)[C@@H]1C[C@H]2C=C[C@H]1CC2. The van der Waals surface area contributed by atoms with Crippen molar-refractivity contribution in [3.8, 4) is 0 Å². The quantitative estimate of drug-likeness (QED) is 0.662. The summed E-state index contributed by atoms with van der Waals surface area (Å²) in [5.74, 6) is 1.74. The van der Waals surface area contributed by atoms with Crippen molar-refractivity contribution in [1.82, 2.24) is 0 Å². The van der Waals surface area contributed by atoms with Crippen LogP contribution in [0.2, 0.25) is 0 Å². The Hall–Kier alpha value is -0.920. The van der Waals surface area contributed by atoms with E-state index in [9.17, 15) is 9.59 Å². The van der Waals surface area contributed by atoms with Crippen LogP contribution in [-0.2, 0) is 9.59 Å². The maximum atomic E-state index is 11.9. The first kappa shape index (κ1) is 10.6. The van der Waals surface area contributed by atoms with Crippen LogP contribution >= 0.6 is 0 Å². The Kier molecular flexibility index (Phi) is 3.03. The number of hydrogen-bond donors (Lipinski definition) is 0. The van der Waals surface area contributed by atoms with E-state index in [0.717, 1.165) is 12.8 Å². The molecule has 1 fully saturated rings. The monoisotopic (exact) mass is 206 g/mol. The number of rotatable bonds is 4. The van der Waals surface area contributed by atoms with E-state index in [2.05, 4.69) is 12.2 Å². The highest BCUT2D eigenvalue weighted by molar-refractivity contribution is 5.86. The number of fused-ring (bicyclic) bond motifs is 2. The van der Waals surface area contributed by atoms with E-state index < -0.39 is 0 Å². The fourth-order valence-electron chi connectivity index (χ4n) is 2.79. The fraction of sp³-hybridized carbons (Fsp3) is 0.692. The summed E-state index contributed by atoms with van der Waals surface area (Å²) in [6.45, 7) is 1.56. The van der Waals surface area contributed by atoms with Crippen molar-refractivity contribution < 1.29 is 9.59 Å². The van der Waals surface area contributed by atoms with Gasteiger partial charge in [0.25, 0.3) is 0 Å². The van der Waals surface area contributed by atoms with Gasteiger partial charge in [0.15, 0.2) is 0 Å². The second-order valence-corrected chi connectivity index (χ2v) is 4.90. The van der Waals surface area contributed by atoms with E-state index >= 15 is 0 Å². The number of carbonyl (C=O) groups is 2. The molecule has 3 rings (SSSR count). The molecule has 2 bridgehead atoms. The van der Waals surface area contributed by atoms with Crippen LogP contribution in [-0.4, -0.2) is 11.6 Å². The van der Waals surface area contributed by atoms with Gasteiger partial charge < -0.3 is 4.79 Å². The fourth-order valence-corrected chi connectivity index (χ4v) is 2.79. The van der Waals surface area contributed by atoms with Gasteiger partial charge in [0.05, 0.1) is 0 Å². The van der Waals surface area contributed by atoms with E-state index in [4.69, 9.17) is 0 Å². The number of Topliss-reactive ketones (excluding diaryl/α,β-unsaturated/α-hetero) is 2. The summed E-state index contributed by atoms with van der Waals surface area (Å²) in [6, 6.07) is 0. The summed E-state index contributed by atoms with van der Waals surface area (Å²) < 4.78 is 0. The van der Waals surface area contributed by atoms with Crippen LogP contribution in [0, 0.1) is 17.8 Å². The van der Waals surface area contributed by atoms with Crippen molar-refractivity contribution in [3.05, 3.63) is 12.2 Å². The normalized spacial score (nSPS) is 33.0. The molecular formula is C13H18O2. The first-order valence-electron chi connectivity index (χ1n) is 5.87. The lowest BCUT2D eigenvalue weighted by molar-refractivity contribution is -0.128. The predicted molar refractivity (Wildman–Crippen MR) is 58.4 cm³/mol. The van der Waals surface area contributed by atoms with E-state index in [1.54, 1.807) is 6.92 Å². The summed E-state index contributed by atoms with van der Waals surface area (Å²) in [5.41, 5.74) is 0. The number of carbonyl (C=O) groups excluding carboxylic acids is 2. The minimum absolute atomic E-state index is 0.125. The molecule has 2 nitrogen and oxygen atoms in total. The van der Waals surface area contributed by atoms with Crippen LogP contribution in [0.25, 0.3) is 0 Å². The first-order valence-corrected chi connectivity index (χ1v) is 5.87. The maximum Gasteiger partial charge on any atom is 0.137 e. The maximum absolute atomic E-state index is 11.9. The molecule has 0 spiro atoms. The molecule has 0 radical (unpaired) electrons. The second kappa shape index (κ2) is 4.30. The third-order valence-corrected chi connectivity index (χ3v) is 3.71. The van der Waals surface area contributed by atoms with Crippen molar-refractivity contribution >= 4 is 11.6 Å². The predicted octanol–water partition coefficient (Wildman–Crippen LogP) is 2.53. The van der Waals surface area contributed by atoms with Crippen molar-refractivity contribution in [2.75, 3.05) is 0 Å². The number of hydrogen-bond acceptors (Lipinski definition) is 2. The van der Waals surface area contributed by atoms with Crippen molar-refractivity contribution in [2.45, 2.75) is 39.0 Å². The van der Waals surface area contributed by atoms with E-state index in [0.29, 0.717) is 30.5 Å². The smallest absolute Gasteiger partial charge is 0.137 e. The van der Waals surface area contributed by atoms with Crippen LogP contribution in [0.1, 0.15) is 39.0 Å². The van der Waals surface area contributed by atoms with Crippen LogP contribution < -0.4 is 0 Å². The summed E-state index contributed by atoms with van der Waals surface area (Å²) in [6.07, 6.45) is 8.80. The summed E-state index contributed by atoms with van der Waals surface area (Å²) >= 11 is 0. The lowest BCUT2D eigenvalue weighted by Gasteiger charge is -2.37. The summed E-state index contributed by atoms with van der Waals surface area (Å²) in [5, 5.41) is 0. The van der Waals surface area contributed by atoms with Gasteiger partial charge in [0.1, 0.15) is 11.6 Å². The lowest BCUT2D eigenvalue weighted by Crippen LogP contribution is -2.32. The van der Waals surface area contributed by atoms with Gasteiger partial charge in [-0.2, -0.15) is 0 Å². The minimum Gasteiger partial charge on any atom is -0.300 e. The third-order valence-electron chi connectivity index (χ3n) is 3.71. The first-order chi connectivity index (χ1) is 7.16. The van der Waals surface area contributed by atoms with Gasteiger partial charge >= 0.3 is 0 Å². The van der Waals surface area contributed by atoms with Crippen molar-refractivity contribution in [1.29, 1.82) is 0 Å². The standard InChI is InChI=1S/C13H18O2/c1-9(14)2-7-13(15)12-8-10-3-5-11(12)6-4-10/h3,5,10-12H,2,4,6-8H2,1H3/t10-,11-,12+/m0/s1. The Morgan fingerprint density at radius 2 is 2.00 bits per heavy atom. The molecule has 3 aliphatic rings. The van der Waals surface area contributed by atoms with Gasteiger partial charge in [-0.1, -0.05) is 12.2 Å². The molecule has 3 atom stereocenters. The van der Waals surface area contributed by atoms with Crippen molar-refractivity contribution in [2.24, 2.45) is 17.8 Å². The molecule has 2 heteroatoms. The van der Waals surface area contributed by atoms with Gasteiger partial charge in [-0.05, 0) is 38.0 Å². The molecule has 0 aromatic carbocycles. The summed E-state index contributed by atoms with van der Waals surface area (Å²) in [4.78, 5) is 22.7. The van der Waals surface area contributed by atoms with Gasteiger partial charge in [0.2, 0.25) is 0 Å². The van der Waals surface area contributed by atoms with E-state index in [1.165, 1.54) is 6.42 Å². The van der Waals surface area contributed by atoms with Crippen LogP contribution in [0.5, 0.6) is 0 Å². The molecule has 0 heterocycles. The minimum atomic E-state index is 0.125. The Morgan fingerprint density at radius 1 is 1.20 bits per heavy atom. The Morgan fingerprint density at radius 3 is 2.47 bits per heavy atom. The molecule has 0 N–H and O–H groups in total. The molecule has 0 saturated heterocycles. The van der Waals surface area contributed by atoms with Gasteiger partial charge in [-0.15, -0.1) is 0 Å².